The molecule has 0 aliphatic rings. The maximum absolute atomic E-state index is 9.31. The van der Waals surface area contributed by atoms with E-state index in [2.05, 4.69) is 18.8 Å². The highest BCUT2D eigenvalue weighted by Gasteiger charge is 2.02. The molecule has 0 fully saturated rings. The first-order valence-corrected chi connectivity index (χ1v) is 4.85. The lowest BCUT2D eigenvalue weighted by atomic mass is 10.1. The van der Waals surface area contributed by atoms with Crippen LogP contribution in [0.2, 0.25) is 0 Å². The molecule has 0 aromatic heterocycles. The zero-order valence-electron chi connectivity index (χ0n) is 8.43. The Kier molecular flexibility index (Phi) is 6.90. The molecule has 0 radical (unpaired) electrons. The molecule has 1 nitrogen and oxygen atoms in total. The molecule has 0 spiro atoms. The van der Waals surface area contributed by atoms with Crippen LogP contribution in [0.1, 0.15) is 46.5 Å². The topological polar surface area (TPSA) is 20.2 Å². The Hall–Kier alpha value is -0.480. The molecule has 0 aromatic rings. The Balaban J connectivity index is 3.45. The molecule has 0 amide bonds. The first-order valence-electron chi connectivity index (χ1n) is 4.85. The summed E-state index contributed by atoms with van der Waals surface area (Å²) in [7, 11) is 0. The monoisotopic (exact) mass is 168 g/mol. The third-order valence-electron chi connectivity index (χ3n) is 1.79. The van der Waals surface area contributed by atoms with E-state index in [0.29, 0.717) is 0 Å². The van der Waals surface area contributed by atoms with Gasteiger partial charge in [0.1, 0.15) is 6.10 Å². The van der Waals surface area contributed by atoms with Crippen molar-refractivity contribution in [2.24, 2.45) is 5.92 Å². The zero-order valence-corrected chi connectivity index (χ0v) is 8.43. The molecule has 0 saturated carbocycles. The van der Waals surface area contributed by atoms with Crippen LogP contribution in [0.3, 0.4) is 0 Å². The number of hydrogen-bond donors (Lipinski definition) is 1. The predicted molar refractivity (Wildman–Crippen MR) is 52.8 cm³/mol. The third-order valence-corrected chi connectivity index (χ3v) is 1.79. The number of aliphatic hydroxyl groups excluding tert-OH is 1. The minimum Gasteiger partial charge on any atom is -0.380 e. The summed E-state index contributed by atoms with van der Waals surface area (Å²) in [6.45, 7) is 6.13. The van der Waals surface area contributed by atoms with E-state index in [9.17, 15) is 5.11 Å². The number of unbranched alkanes of at least 4 members (excludes halogenated alkanes) is 3. The summed E-state index contributed by atoms with van der Waals surface area (Å²) in [5.41, 5.74) is 0. The van der Waals surface area contributed by atoms with Crippen molar-refractivity contribution in [1.82, 2.24) is 0 Å². The van der Waals surface area contributed by atoms with Crippen LogP contribution in [0.15, 0.2) is 0 Å². The molecule has 0 bridgehead atoms. The van der Waals surface area contributed by atoms with Crippen molar-refractivity contribution in [1.29, 1.82) is 0 Å². The van der Waals surface area contributed by atoms with Crippen LogP contribution in [0.4, 0.5) is 0 Å². The van der Waals surface area contributed by atoms with Gasteiger partial charge in [-0.25, -0.2) is 0 Å². The van der Waals surface area contributed by atoms with Crippen molar-refractivity contribution in [3.8, 4) is 11.8 Å². The summed E-state index contributed by atoms with van der Waals surface area (Å²) in [4.78, 5) is 0. The van der Waals surface area contributed by atoms with Crippen molar-refractivity contribution in [3.05, 3.63) is 0 Å². The standard InChI is InChI=1S/C11H20O/c1-4-5-6-7-8-9-11(12)10(2)3/h10-12H,4-7H2,1-3H3. The maximum atomic E-state index is 9.31. The van der Waals surface area contributed by atoms with E-state index in [1.807, 2.05) is 13.8 Å². The van der Waals surface area contributed by atoms with Gasteiger partial charge in [-0.3, -0.25) is 0 Å². The van der Waals surface area contributed by atoms with Gasteiger partial charge in [0.05, 0.1) is 0 Å². The van der Waals surface area contributed by atoms with E-state index >= 15 is 0 Å². The normalized spacial score (nSPS) is 12.4. The van der Waals surface area contributed by atoms with Crippen LogP contribution in [0, 0.1) is 17.8 Å². The summed E-state index contributed by atoms with van der Waals surface area (Å²) in [5, 5.41) is 9.31. The lowest BCUT2D eigenvalue weighted by Gasteiger charge is -2.05. The van der Waals surface area contributed by atoms with Crippen molar-refractivity contribution in [2.45, 2.75) is 52.6 Å². The van der Waals surface area contributed by atoms with Gasteiger partial charge in [0.15, 0.2) is 0 Å². The van der Waals surface area contributed by atoms with Crippen molar-refractivity contribution >= 4 is 0 Å². The second-order valence-electron chi connectivity index (χ2n) is 3.47. The van der Waals surface area contributed by atoms with E-state index in [1.165, 1.54) is 12.8 Å². The lowest BCUT2D eigenvalue weighted by Crippen LogP contribution is -2.11. The second-order valence-corrected chi connectivity index (χ2v) is 3.47. The van der Waals surface area contributed by atoms with Crippen LogP contribution < -0.4 is 0 Å². The SMILES string of the molecule is CCCCCC#CC(O)C(C)C. The zero-order chi connectivity index (χ0) is 9.40. The van der Waals surface area contributed by atoms with Gasteiger partial charge in [-0.05, 0) is 12.3 Å². The molecule has 70 valence electrons. The second kappa shape index (κ2) is 7.18. The Bertz CT molecular complexity index is 150. The molecule has 1 atom stereocenters. The first kappa shape index (κ1) is 11.5. The summed E-state index contributed by atoms with van der Waals surface area (Å²) >= 11 is 0. The summed E-state index contributed by atoms with van der Waals surface area (Å²) in [6, 6.07) is 0. The highest BCUT2D eigenvalue weighted by Crippen LogP contribution is 2.00. The van der Waals surface area contributed by atoms with Gasteiger partial charge in [0.25, 0.3) is 0 Å². The average molecular weight is 168 g/mol. The van der Waals surface area contributed by atoms with Gasteiger partial charge < -0.3 is 5.11 Å². The summed E-state index contributed by atoms with van der Waals surface area (Å²) < 4.78 is 0. The van der Waals surface area contributed by atoms with Crippen molar-refractivity contribution < 1.29 is 5.11 Å². The van der Waals surface area contributed by atoms with E-state index in [-0.39, 0.29) is 5.92 Å². The predicted octanol–water partition coefficient (Wildman–Crippen LogP) is 2.59. The highest BCUT2D eigenvalue weighted by molar-refractivity contribution is 5.05. The minimum absolute atomic E-state index is 0.253. The minimum atomic E-state index is -0.438. The quantitative estimate of drug-likeness (QED) is 0.505. The van der Waals surface area contributed by atoms with Gasteiger partial charge in [-0.2, -0.15) is 0 Å². The fourth-order valence-electron chi connectivity index (χ4n) is 0.807. The van der Waals surface area contributed by atoms with Crippen LogP contribution >= 0.6 is 0 Å². The lowest BCUT2D eigenvalue weighted by molar-refractivity contribution is 0.181. The fourth-order valence-corrected chi connectivity index (χ4v) is 0.807. The van der Waals surface area contributed by atoms with Crippen LogP contribution in [-0.2, 0) is 0 Å². The molecule has 0 aliphatic carbocycles. The molecule has 0 heterocycles. The smallest absolute Gasteiger partial charge is 0.117 e. The van der Waals surface area contributed by atoms with Gasteiger partial charge >= 0.3 is 0 Å². The van der Waals surface area contributed by atoms with Crippen LogP contribution in [0.5, 0.6) is 0 Å². The van der Waals surface area contributed by atoms with E-state index in [1.54, 1.807) is 0 Å². The molecule has 0 aromatic carbocycles. The molecular weight excluding hydrogens is 148 g/mol. The largest absolute Gasteiger partial charge is 0.380 e. The third kappa shape index (κ3) is 6.24. The fraction of sp³-hybridized carbons (Fsp3) is 0.818. The molecule has 0 rings (SSSR count). The first-order chi connectivity index (χ1) is 5.68. The molecule has 0 aliphatic heterocycles. The van der Waals surface area contributed by atoms with Crippen molar-refractivity contribution in [2.75, 3.05) is 0 Å². The Morgan fingerprint density at radius 3 is 2.42 bits per heavy atom. The molecule has 0 saturated heterocycles. The van der Waals surface area contributed by atoms with Crippen LogP contribution in [-0.4, -0.2) is 11.2 Å². The van der Waals surface area contributed by atoms with E-state index in [0.717, 1.165) is 12.8 Å². The number of rotatable bonds is 4. The van der Waals surface area contributed by atoms with Gasteiger partial charge in [0.2, 0.25) is 0 Å². The van der Waals surface area contributed by atoms with Gasteiger partial charge in [-0.15, -0.1) is 5.92 Å². The molecule has 1 N–H and O–H groups in total. The summed E-state index contributed by atoms with van der Waals surface area (Å²) in [6.07, 6.45) is 4.12. The number of hydrogen-bond acceptors (Lipinski definition) is 1. The van der Waals surface area contributed by atoms with E-state index in [4.69, 9.17) is 0 Å². The Morgan fingerprint density at radius 2 is 1.92 bits per heavy atom. The maximum Gasteiger partial charge on any atom is 0.117 e. The molecular formula is C11H20O. The molecule has 1 heteroatoms. The molecule has 1 unspecified atom stereocenters. The highest BCUT2D eigenvalue weighted by atomic mass is 16.3. The summed E-state index contributed by atoms with van der Waals surface area (Å²) in [5.74, 6) is 6.10. The van der Waals surface area contributed by atoms with Crippen LogP contribution in [0.25, 0.3) is 0 Å². The van der Waals surface area contributed by atoms with Gasteiger partial charge in [0, 0.05) is 6.42 Å². The van der Waals surface area contributed by atoms with E-state index < -0.39 is 6.10 Å². The Labute approximate surface area is 76.2 Å². The number of aliphatic hydroxyl groups is 1. The van der Waals surface area contributed by atoms with Gasteiger partial charge in [-0.1, -0.05) is 39.5 Å². The van der Waals surface area contributed by atoms with Crippen molar-refractivity contribution in [3.63, 3.8) is 0 Å². The molecule has 12 heavy (non-hydrogen) atoms. The average Bonchev–Trinajstić information content (AvgIpc) is 2.03. The Morgan fingerprint density at radius 1 is 1.25 bits per heavy atom.